The van der Waals surface area contributed by atoms with Gasteiger partial charge in [0.25, 0.3) is 0 Å². The summed E-state index contributed by atoms with van der Waals surface area (Å²) in [5, 5.41) is 2.63. The molecular weight excluding hydrogens is 454 g/mol. The highest BCUT2D eigenvalue weighted by Crippen LogP contribution is 2.28. The Bertz CT molecular complexity index is 657. The molecule has 12 heteroatoms. The minimum Gasteiger partial charge on any atom is -0.463 e. The van der Waals surface area contributed by atoms with Crippen molar-refractivity contribution in [3.63, 3.8) is 0 Å². The summed E-state index contributed by atoms with van der Waals surface area (Å²) in [7, 11) is 0. The summed E-state index contributed by atoms with van der Waals surface area (Å²) in [6.45, 7) is 8.44. The molecule has 0 aromatic heterocycles. The molecule has 12 nitrogen and oxygen atoms in total. The first-order valence-electron chi connectivity index (χ1n) is 11.3. The van der Waals surface area contributed by atoms with Crippen molar-refractivity contribution in [2.75, 3.05) is 39.6 Å². The van der Waals surface area contributed by atoms with Crippen LogP contribution in [0.25, 0.3) is 0 Å². The third-order valence-corrected chi connectivity index (χ3v) is 4.60. The van der Waals surface area contributed by atoms with Crippen molar-refractivity contribution in [1.82, 2.24) is 5.32 Å². The van der Waals surface area contributed by atoms with Gasteiger partial charge in [-0.2, -0.15) is 0 Å². The first kappa shape index (κ1) is 29.8. The average molecular weight is 492 g/mol. The van der Waals surface area contributed by atoms with Gasteiger partial charge in [0, 0.05) is 34.3 Å². The molecule has 0 aliphatic carbocycles. The van der Waals surface area contributed by atoms with Gasteiger partial charge in [0.15, 0.2) is 18.5 Å². The number of amides is 1. The maximum absolute atomic E-state index is 11.9. The fourth-order valence-corrected chi connectivity index (χ4v) is 3.22. The molecule has 1 amide bonds. The number of rotatable bonds is 15. The standard InChI is InChI=1S/C22H37NO11/c1-6-7-8-28-9-10-29-11-12-30-22-19(23-14(2)24)21(33-17(5)27)20(32-16(4)26)18(34-22)13-31-15(3)25/h18-22H,6-13H2,1-5H3,(H,23,24). The lowest BCUT2D eigenvalue weighted by molar-refractivity contribution is -0.279. The number of ether oxygens (including phenoxy) is 7. The van der Waals surface area contributed by atoms with Crippen LogP contribution >= 0.6 is 0 Å². The van der Waals surface area contributed by atoms with Crippen LogP contribution in [0.15, 0.2) is 0 Å². The van der Waals surface area contributed by atoms with Crippen LogP contribution in [-0.2, 0) is 52.3 Å². The van der Waals surface area contributed by atoms with Crippen LogP contribution in [0, 0.1) is 0 Å². The van der Waals surface area contributed by atoms with Gasteiger partial charge in [-0.05, 0) is 6.42 Å². The van der Waals surface area contributed by atoms with Crippen LogP contribution < -0.4 is 5.32 Å². The lowest BCUT2D eigenvalue weighted by Gasteiger charge is -2.44. The van der Waals surface area contributed by atoms with Gasteiger partial charge in [-0.15, -0.1) is 0 Å². The van der Waals surface area contributed by atoms with Gasteiger partial charge < -0.3 is 38.5 Å². The van der Waals surface area contributed by atoms with E-state index in [0.717, 1.165) is 12.8 Å². The van der Waals surface area contributed by atoms with E-state index in [2.05, 4.69) is 12.2 Å². The molecule has 1 saturated heterocycles. The molecule has 1 N–H and O–H groups in total. The van der Waals surface area contributed by atoms with Crippen molar-refractivity contribution in [2.24, 2.45) is 0 Å². The van der Waals surface area contributed by atoms with E-state index in [-0.39, 0.29) is 19.8 Å². The van der Waals surface area contributed by atoms with Crippen molar-refractivity contribution in [3.8, 4) is 0 Å². The number of hydrogen-bond donors (Lipinski definition) is 1. The van der Waals surface area contributed by atoms with E-state index >= 15 is 0 Å². The molecule has 5 atom stereocenters. The fraction of sp³-hybridized carbons (Fsp3) is 0.818. The number of unbranched alkanes of at least 4 members (excludes halogenated alkanes) is 1. The van der Waals surface area contributed by atoms with Gasteiger partial charge in [-0.25, -0.2) is 0 Å². The van der Waals surface area contributed by atoms with Crippen LogP contribution in [0.5, 0.6) is 0 Å². The predicted molar refractivity (Wildman–Crippen MR) is 117 cm³/mol. The molecule has 0 spiro atoms. The zero-order chi connectivity index (χ0) is 25.5. The van der Waals surface area contributed by atoms with E-state index in [9.17, 15) is 19.2 Å². The van der Waals surface area contributed by atoms with E-state index in [4.69, 9.17) is 33.2 Å². The van der Waals surface area contributed by atoms with Crippen molar-refractivity contribution < 1.29 is 52.3 Å². The van der Waals surface area contributed by atoms with Crippen molar-refractivity contribution in [3.05, 3.63) is 0 Å². The minimum absolute atomic E-state index is 0.0843. The molecule has 1 aliphatic heterocycles. The minimum atomic E-state index is -1.16. The van der Waals surface area contributed by atoms with Crippen molar-refractivity contribution in [1.29, 1.82) is 0 Å². The third-order valence-electron chi connectivity index (χ3n) is 4.60. The molecular formula is C22H37NO11. The molecule has 0 bridgehead atoms. The largest absolute Gasteiger partial charge is 0.463 e. The predicted octanol–water partition coefficient (Wildman–Crippen LogP) is 0.492. The molecule has 1 rings (SSSR count). The van der Waals surface area contributed by atoms with E-state index in [0.29, 0.717) is 19.8 Å². The van der Waals surface area contributed by atoms with E-state index in [1.54, 1.807) is 0 Å². The second-order valence-corrected chi connectivity index (χ2v) is 7.67. The number of carbonyl (C=O) groups excluding carboxylic acids is 4. The van der Waals surface area contributed by atoms with Gasteiger partial charge >= 0.3 is 17.9 Å². The number of carbonyl (C=O) groups is 4. The molecule has 0 radical (unpaired) electrons. The number of nitrogens with one attached hydrogen (secondary N) is 1. The summed E-state index contributed by atoms with van der Waals surface area (Å²) in [4.78, 5) is 46.7. The Morgan fingerprint density at radius 1 is 0.794 bits per heavy atom. The molecule has 5 unspecified atom stereocenters. The maximum atomic E-state index is 11.9. The van der Waals surface area contributed by atoms with E-state index in [1.165, 1.54) is 27.7 Å². The van der Waals surface area contributed by atoms with Gasteiger partial charge in [-0.3, -0.25) is 19.2 Å². The Morgan fingerprint density at radius 3 is 1.94 bits per heavy atom. The molecule has 1 aliphatic rings. The van der Waals surface area contributed by atoms with E-state index < -0.39 is 54.5 Å². The van der Waals surface area contributed by atoms with Crippen LogP contribution in [-0.4, -0.2) is 94.1 Å². The Morgan fingerprint density at radius 2 is 1.38 bits per heavy atom. The maximum Gasteiger partial charge on any atom is 0.303 e. The summed E-state index contributed by atoms with van der Waals surface area (Å²) in [6, 6.07) is -1.00. The third kappa shape index (κ3) is 11.7. The first-order chi connectivity index (χ1) is 16.1. The zero-order valence-corrected chi connectivity index (χ0v) is 20.5. The highest BCUT2D eigenvalue weighted by Gasteiger charge is 2.51. The van der Waals surface area contributed by atoms with Crippen LogP contribution in [0.3, 0.4) is 0 Å². The molecule has 0 aromatic carbocycles. The Kier molecular flexibility index (Phi) is 14.3. The van der Waals surface area contributed by atoms with Crippen molar-refractivity contribution in [2.45, 2.75) is 78.1 Å². The normalized spacial score (nSPS) is 24.2. The monoisotopic (exact) mass is 491 g/mol. The molecule has 1 fully saturated rings. The van der Waals surface area contributed by atoms with Gasteiger partial charge in [-0.1, -0.05) is 13.3 Å². The summed E-state index contributed by atoms with van der Waals surface area (Å²) in [5.41, 5.74) is 0. The van der Waals surface area contributed by atoms with Crippen LogP contribution in [0.4, 0.5) is 0 Å². The lowest BCUT2D eigenvalue weighted by Crippen LogP contribution is -2.66. The highest BCUT2D eigenvalue weighted by molar-refractivity contribution is 5.73. The first-order valence-corrected chi connectivity index (χ1v) is 11.3. The summed E-state index contributed by atoms with van der Waals surface area (Å²) in [5.74, 6) is -2.37. The van der Waals surface area contributed by atoms with Gasteiger partial charge in [0.1, 0.15) is 18.8 Å². The Balaban J connectivity index is 2.89. The van der Waals surface area contributed by atoms with Crippen LogP contribution in [0.1, 0.15) is 47.5 Å². The summed E-state index contributed by atoms with van der Waals surface area (Å²) < 4.78 is 38.3. The molecule has 0 saturated carbocycles. The average Bonchev–Trinajstić information content (AvgIpc) is 2.74. The van der Waals surface area contributed by atoms with Gasteiger partial charge in [0.2, 0.25) is 5.91 Å². The Labute approximate surface area is 199 Å². The van der Waals surface area contributed by atoms with Crippen LogP contribution in [0.2, 0.25) is 0 Å². The van der Waals surface area contributed by atoms with E-state index in [1.807, 2.05) is 0 Å². The quantitative estimate of drug-likeness (QED) is 0.194. The Hall–Kier alpha value is -2.28. The van der Waals surface area contributed by atoms with Gasteiger partial charge in [0.05, 0.1) is 26.4 Å². The topological polar surface area (TPSA) is 145 Å². The molecule has 196 valence electrons. The number of hydrogen-bond acceptors (Lipinski definition) is 11. The zero-order valence-electron chi connectivity index (χ0n) is 20.5. The fourth-order valence-electron chi connectivity index (χ4n) is 3.22. The molecule has 1 heterocycles. The molecule has 0 aromatic rings. The number of esters is 3. The molecule has 34 heavy (non-hydrogen) atoms. The smallest absolute Gasteiger partial charge is 0.303 e. The highest BCUT2D eigenvalue weighted by atomic mass is 16.7. The summed E-state index contributed by atoms with van der Waals surface area (Å²) >= 11 is 0. The second-order valence-electron chi connectivity index (χ2n) is 7.67. The SMILES string of the molecule is CCCCOCCOCCOC1OC(COC(C)=O)C(OC(C)=O)C(OC(C)=O)C1NC(C)=O. The summed E-state index contributed by atoms with van der Waals surface area (Å²) in [6.07, 6.45) is -2.40. The lowest BCUT2D eigenvalue weighted by atomic mass is 9.96. The van der Waals surface area contributed by atoms with Crippen molar-refractivity contribution >= 4 is 23.8 Å². The second kappa shape index (κ2) is 16.4.